The molecule has 1 amide bonds. The predicted octanol–water partition coefficient (Wildman–Crippen LogP) is 0.490. The summed E-state index contributed by atoms with van der Waals surface area (Å²) in [6.45, 7) is 2.38. The van der Waals surface area contributed by atoms with Crippen molar-refractivity contribution < 1.29 is 13.2 Å². The lowest BCUT2D eigenvalue weighted by molar-refractivity contribution is -0.123. The fourth-order valence-electron chi connectivity index (χ4n) is 2.22. The number of hydrogen-bond donors (Lipinski definition) is 2. The van der Waals surface area contributed by atoms with Crippen molar-refractivity contribution in [2.24, 2.45) is 0 Å². The molecule has 0 aromatic rings. The molecule has 1 unspecified atom stereocenters. The quantitative estimate of drug-likeness (QED) is 0.774. The van der Waals surface area contributed by atoms with E-state index < -0.39 is 14.6 Å². The number of hydrogen-bond acceptors (Lipinski definition) is 4. The number of sulfone groups is 1. The zero-order valence-electron chi connectivity index (χ0n) is 11.2. The number of rotatable bonds is 5. The zero-order valence-corrected chi connectivity index (χ0v) is 12.8. The van der Waals surface area contributed by atoms with Crippen molar-refractivity contribution in [2.75, 3.05) is 19.8 Å². The summed E-state index contributed by atoms with van der Waals surface area (Å²) in [5.74, 6) is -0.334. The molecule has 0 aliphatic heterocycles. The normalized spacial score (nSPS) is 19.9. The molecule has 1 fully saturated rings. The molecule has 7 heteroatoms. The van der Waals surface area contributed by atoms with E-state index in [0.717, 1.165) is 12.8 Å². The summed E-state index contributed by atoms with van der Waals surface area (Å²) >= 11 is 0. The van der Waals surface area contributed by atoms with Crippen LogP contribution in [0.2, 0.25) is 0 Å². The number of likely N-dealkylation sites (N-methyl/N-ethyl adjacent to an activating group) is 1. The Labute approximate surface area is 115 Å². The third kappa shape index (κ3) is 3.59. The van der Waals surface area contributed by atoms with Gasteiger partial charge in [-0.15, -0.1) is 12.4 Å². The topological polar surface area (TPSA) is 75.3 Å². The van der Waals surface area contributed by atoms with Crippen LogP contribution in [0.3, 0.4) is 0 Å². The molecule has 0 radical (unpaired) electrons. The van der Waals surface area contributed by atoms with Gasteiger partial charge in [0.15, 0.2) is 9.84 Å². The Morgan fingerprint density at radius 2 is 1.83 bits per heavy atom. The van der Waals surface area contributed by atoms with Gasteiger partial charge in [-0.25, -0.2) is 8.42 Å². The van der Waals surface area contributed by atoms with Gasteiger partial charge in [0, 0.05) is 18.8 Å². The van der Waals surface area contributed by atoms with Crippen molar-refractivity contribution in [3.63, 3.8) is 0 Å². The van der Waals surface area contributed by atoms with E-state index in [1.165, 1.54) is 6.26 Å². The predicted molar refractivity (Wildman–Crippen MR) is 74.8 cm³/mol. The van der Waals surface area contributed by atoms with Gasteiger partial charge in [0.05, 0.1) is 0 Å². The van der Waals surface area contributed by atoms with Crippen LogP contribution in [0.4, 0.5) is 0 Å². The van der Waals surface area contributed by atoms with Gasteiger partial charge in [-0.05, 0) is 26.8 Å². The van der Waals surface area contributed by atoms with Crippen molar-refractivity contribution in [2.45, 2.75) is 43.4 Å². The van der Waals surface area contributed by atoms with Crippen molar-refractivity contribution in [1.29, 1.82) is 0 Å². The Bertz CT molecular complexity index is 378. The Hall–Kier alpha value is -0.330. The average Bonchev–Trinajstić information content (AvgIpc) is 2.74. The minimum Gasteiger partial charge on any atom is -0.353 e. The highest BCUT2D eigenvalue weighted by Crippen LogP contribution is 2.36. The molecule has 18 heavy (non-hydrogen) atoms. The molecule has 0 bridgehead atoms. The fourth-order valence-corrected chi connectivity index (χ4v) is 3.66. The van der Waals surface area contributed by atoms with Crippen LogP contribution in [-0.4, -0.2) is 45.0 Å². The third-order valence-electron chi connectivity index (χ3n) is 3.60. The molecule has 1 rings (SSSR count). The number of amides is 1. The van der Waals surface area contributed by atoms with Crippen LogP contribution >= 0.6 is 12.4 Å². The van der Waals surface area contributed by atoms with Gasteiger partial charge >= 0.3 is 0 Å². The van der Waals surface area contributed by atoms with Crippen LogP contribution in [0.25, 0.3) is 0 Å². The summed E-state index contributed by atoms with van der Waals surface area (Å²) in [5.41, 5.74) is 0. The molecule has 0 heterocycles. The maximum absolute atomic E-state index is 12.1. The lowest BCUT2D eigenvalue weighted by Crippen LogP contribution is -2.52. The van der Waals surface area contributed by atoms with E-state index in [0.29, 0.717) is 19.4 Å². The first-order chi connectivity index (χ1) is 7.83. The van der Waals surface area contributed by atoms with E-state index in [1.807, 2.05) is 6.92 Å². The first-order valence-electron chi connectivity index (χ1n) is 5.98. The summed E-state index contributed by atoms with van der Waals surface area (Å²) in [6.07, 6.45) is 3.68. The Balaban J connectivity index is 0.00000289. The van der Waals surface area contributed by atoms with Crippen LogP contribution in [0.15, 0.2) is 0 Å². The van der Waals surface area contributed by atoms with Crippen molar-refractivity contribution in [3.8, 4) is 0 Å². The van der Waals surface area contributed by atoms with E-state index in [-0.39, 0.29) is 24.4 Å². The second-order valence-corrected chi connectivity index (χ2v) is 7.20. The lowest BCUT2D eigenvalue weighted by atomic mass is 10.1. The van der Waals surface area contributed by atoms with Crippen LogP contribution in [0.1, 0.15) is 32.6 Å². The van der Waals surface area contributed by atoms with Gasteiger partial charge < -0.3 is 10.6 Å². The highest BCUT2D eigenvalue weighted by molar-refractivity contribution is 7.92. The molecule has 1 aliphatic carbocycles. The zero-order chi connectivity index (χ0) is 13.1. The second-order valence-electron chi connectivity index (χ2n) is 4.87. The Morgan fingerprint density at radius 3 is 2.22 bits per heavy atom. The van der Waals surface area contributed by atoms with Gasteiger partial charge in [0.1, 0.15) is 4.75 Å². The molecule has 1 saturated carbocycles. The smallest absolute Gasteiger partial charge is 0.241 e. The van der Waals surface area contributed by atoms with Crippen molar-refractivity contribution >= 4 is 28.2 Å². The van der Waals surface area contributed by atoms with Crippen LogP contribution in [0.5, 0.6) is 0 Å². The lowest BCUT2D eigenvalue weighted by Gasteiger charge is -2.26. The summed E-state index contributed by atoms with van der Waals surface area (Å²) in [7, 11) is -1.55. The van der Waals surface area contributed by atoms with E-state index in [1.54, 1.807) is 7.05 Å². The maximum Gasteiger partial charge on any atom is 0.241 e. The van der Waals surface area contributed by atoms with E-state index >= 15 is 0 Å². The average molecular weight is 299 g/mol. The highest BCUT2D eigenvalue weighted by Gasteiger charge is 2.49. The molecule has 1 atom stereocenters. The molecule has 0 aromatic heterocycles. The van der Waals surface area contributed by atoms with Gasteiger partial charge in [-0.1, -0.05) is 12.8 Å². The van der Waals surface area contributed by atoms with Crippen LogP contribution in [0, 0.1) is 0 Å². The molecule has 5 nitrogen and oxygen atoms in total. The molecule has 0 saturated heterocycles. The van der Waals surface area contributed by atoms with E-state index in [9.17, 15) is 13.2 Å². The number of carbonyl (C=O) groups excluding carboxylic acids is 1. The maximum atomic E-state index is 12.1. The molecule has 0 spiro atoms. The summed E-state index contributed by atoms with van der Waals surface area (Å²) < 4.78 is 22.5. The monoisotopic (exact) mass is 298 g/mol. The van der Waals surface area contributed by atoms with E-state index in [2.05, 4.69) is 10.6 Å². The third-order valence-corrected chi connectivity index (χ3v) is 5.61. The summed E-state index contributed by atoms with van der Waals surface area (Å²) in [4.78, 5) is 12.1. The van der Waals surface area contributed by atoms with Crippen LogP contribution in [-0.2, 0) is 14.6 Å². The highest BCUT2D eigenvalue weighted by atomic mass is 35.5. The first kappa shape index (κ1) is 17.7. The van der Waals surface area contributed by atoms with Gasteiger partial charge in [0.2, 0.25) is 5.91 Å². The standard InChI is InChI=1S/C11H22N2O3S.ClH/c1-9(12-2)8-13-10(14)11(17(3,15)16)6-4-5-7-11;/h9,12H,4-8H2,1-3H3,(H,13,14);1H. The van der Waals surface area contributed by atoms with Gasteiger partial charge in [-0.2, -0.15) is 0 Å². The summed E-state index contributed by atoms with van der Waals surface area (Å²) in [6, 6.07) is 0.136. The SMILES string of the molecule is CNC(C)CNC(=O)C1(S(C)(=O)=O)CCCC1.Cl. The van der Waals surface area contributed by atoms with Gasteiger partial charge in [-0.3, -0.25) is 4.79 Å². The van der Waals surface area contributed by atoms with Crippen molar-refractivity contribution in [1.82, 2.24) is 10.6 Å². The van der Waals surface area contributed by atoms with Gasteiger partial charge in [0.25, 0.3) is 0 Å². The second kappa shape index (κ2) is 6.73. The van der Waals surface area contributed by atoms with Crippen LogP contribution < -0.4 is 10.6 Å². The molecule has 108 valence electrons. The molecule has 1 aliphatic rings. The largest absolute Gasteiger partial charge is 0.353 e. The molecule has 2 N–H and O–H groups in total. The molecular weight excluding hydrogens is 276 g/mol. The molecular formula is C11H23ClN2O3S. The summed E-state index contributed by atoms with van der Waals surface area (Å²) in [5, 5.41) is 5.74. The number of carbonyl (C=O) groups is 1. The van der Waals surface area contributed by atoms with Crippen molar-refractivity contribution in [3.05, 3.63) is 0 Å². The first-order valence-corrected chi connectivity index (χ1v) is 7.88. The van der Waals surface area contributed by atoms with E-state index in [4.69, 9.17) is 0 Å². The number of halogens is 1. The number of nitrogens with one attached hydrogen (secondary N) is 2. The Morgan fingerprint density at radius 1 is 1.33 bits per heavy atom. The minimum absolute atomic E-state index is 0. The Kier molecular flexibility index (Phi) is 6.60. The minimum atomic E-state index is -3.35. The molecule has 0 aromatic carbocycles. The fraction of sp³-hybridized carbons (Fsp3) is 0.909.